The van der Waals surface area contributed by atoms with Gasteiger partial charge in [0.05, 0.1) is 11.1 Å². The van der Waals surface area contributed by atoms with Crippen LogP contribution >= 0.6 is 11.6 Å². The number of rotatable bonds is 3. The third-order valence-corrected chi connectivity index (χ3v) is 6.08. The molecule has 2 amide bonds. The summed E-state index contributed by atoms with van der Waals surface area (Å²) in [4.78, 5) is 25.4. The fourth-order valence-corrected chi connectivity index (χ4v) is 3.99. The number of carbonyl (C=O) groups excluding carboxylic acids is 1. The van der Waals surface area contributed by atoms with Gasteiger partial charge in [-0.2, -0.15) is 26.3 Å². The van der Waals surface area contributed by atoms with E-state index in [-0.39, 0.29) is 25.6 Å². The molecule has 3 rings (SSSR count). The summed E-state index contributed by atoms with van der Waals surface area (Å²) >= 11 is 6.04. The van der Waals surface area contributed by atoms with Crippen molar-refractivity contribution in [3.63, 3.8) is 0 Å². The van der Waals surface area contributed by atoms with Crippen LogP contribution in [0.15, 0.2) is 36.4 Å². The number of nitrogens with zero attached hydrogens (tertiary/aromatic N) is 1. The van der Waals surface area contributed by atoms with Crippen LogP contribution < -0.4 is 5.32 Å². The number of amides is 2. The van der Waals surface area contributed by atoms with Gasteiger partial charge in [-0.25, -0.2) is 4.79 Å². The summed E-state index contributed by atoms with van der Waals surface area (Å²) in [6, 6.07) is 4.85. The minimum Gasteiger partial charge on any atom is -0.465 e. The van der Waals surface area contributed by atoms with Gasteiger partial charge in [-0.05, 0) is 48.7 Å². The Morgan fingerprint density at radius 2 is 1.62 bits per heavy atom. The molecule has 1 heterocycles. The van der Waals surface area contributed by atoms with E-state index in [9.17, 15) is 41.0 Å². The standard InChI is InChI=1S/C22H19ClF6N2O3/c1-11-6-12(2-3-17(11)23)16-10-31(20(33)34)5-4-18(16)30-19(32)13-7-14(21(24,25)26)9-15(8-13)22(27,28)29/h2-3,6-9,16,18H,4-5,10H2,1H3,(H,30,32)(H,33,34). The lowest BCUT2D eigenvalue weighted by molar-refractivity contribution is -0.143. The molecule has 184 valence electrons. The number of piperidine rings is 1. The maximum absolute atomic E-state index is 13.2. The van der Waals surface area contributed by atoms with Crippen molar-refractivity contribution in [3.8, 4) is 0 Å². The summed E-state index contributed by atoms with van der Waals surface area (Å²) in [7, 11) is 0. The van der Waals surface area contributed by atoms with Crippen molar-refractivity contribution in [1.82, 2.24) is 10.2 Å². The summed E-state index contributed by atoms with van der Waals surface area (Å²) in [5, 5.41) is 12.3. The van der Waals surface area contributed by atoms with Crippen LogP contribution in [-0.2, 0) is 12.4 Å². The van der Waals surface area contributed by atoms with E-state index in [2.05, 4.69) is 5.32 Å². The minimum atomic E-state index is -5.09. The molecule has 2 N–H and O–H groups in total. The number of likely N-dealkylation sites (tertiary alicyclic amines) is 1. The van der Waals surface area contributed by atoms with Crippen molar-refractivity contribution >= 4 is 23.6 Å². The van der Waals surface area contributed by atoms with Gasteiger partial charge in [-0.3, -0.25) is 4.79 Å². The Kier molecular flexibility index (Phi) is 7.07. The van der Waals surface area contributed by atoms with E-state index in [4.69, 9.17) is 11.6 Å². The zero-order valence-corrected chi connectivity index (χ0v) is 18.4. The molecule has 0 radical (unpaired) electrons. The highest BCUT2D eigenvalue weighted by Crippen LogP contribution is 2.37. The molecule has 2 atom stereocenters. The average Bonchev–Trinajstić information content (AvgIpc) is 2.74. The van der Waals surface area contributed by atoms with Gasteiger partial charge in [0.15, 0.2) is 0 Å². The highest BCUT2D eigenvalue weighted by atomic mass is 35.5. The topological polar surface area (TPSA) is 69.6 Å². The summed E-state index contributed by atoms with van der Waals surface area (Å²) < 4.78 is 79.0. The summed E-state index contributed by atoms with van der Waals surface area (Å²) in [5.74, 6) is -1.72. The van der Waals surface area contributed by atoms with Gasteiger partial charge in [-0.15, -0.1) is 0 Å². The number of hydrogen-bond donors (Lipinski definition) is 2. The molecule has 2 aromatic rings. The zero-order chi connectivity index (χ0) is 25.4. The molecule has 5 nitrogen and oxygen atoms in total. The number of nitrogens with one attached hydrogen (secondary N) is 1. The van der Waals surface area contributed by atoms with E-state index >= 15 is 0 Å². The normalized spacial score (nSPS) is 19.1. The maximum atomic E-state index is 13.2. The second-order valence-corrected chi connectivity index (χ2v) is 8.41. The van der Waals surface area contributed by atoms with E-state index in [0.29, 0.717) is 28.3 Å². The van der Waals surface area contributed by atoms with Crippen molar-refractivity contribution in [2.75, 3.05) is 13.1 Å². The molecule has 0 saturated carbocycles. The van der Waals surface area contributed by atoms with E-state index in [1.54, 1.807) is 25.1 Å². The average molecular weight is 509 g/mol. The number of alkyl halides is 6. The largest absolute Gasteiger partial charge is 0.465 e. The Labute approximate surface area is 195 Å². The van der Waals surface area contributed by atoms with Gasteiger partial charge in [0, 0.05) is 35.6 Å². The lowest BCUT2D eigenvalue weighted by Gasteiger charge is -2.38. The summed E-state index contributed by atoms with van der Waals surface area (Å²) in [5.41, 5.74) is -2.69. The zero-order valence-electron chi connectivity index (χ0n) is 17.6. The fraction of sp³-hybridized carbons (Fsp3) is 0.364. The third kappa shape index (κ3) is 5.75. The molecular weight excluding hydrogens is 490 g/mol. The van der Waals surface area contributed by atoms with E-state index < -0.39 is 53.0 Å². The van der Waals surface area contributed by atoms with Crippen LogP contribution in [0.1, 0.15) is 45.0 Å². The molecule has 0 bridgehead atoms. The van der Waals surface area contributed by atoms with E-state index in [1.165, 1.54) is 0 Å². The van der Waals surface area contributed by atoms with Crippen LogP contribution in [-0.4, -0.2) is 41.1 Å². The Bertz CT molecular complexity index is 1070. The first kappa shape index (κ1) is 25.7. The number of carboxylic acid groups (broad SMARTS) is 1. The first-order valence-electron chi connectivity index (χ1n) is 10.0. The number of hydrogen-bond acceptors (Lipinski definition) is 2. The predicted octanol–water partition coefficient (Wildman–Crippen LogP) is 5.95. The third-order valence-electron chi connectivity index (χ3n) is 5.66. The Balaban J connectivity index is 1.95. The second kappa shape index (κ2) is 9.36. The lowest BCUT2D eigenvalue weighted by atomic mass is 9.85. The van der Waals surface area contributed by atoms with Crippen molar-refractivity contribution in [1.29, 1.82) is 0 Å². The van der Waals surface area contributed by atoms with Crippen LogP contribution in [0.25, 0.3) is 0 Å². The number of benzene rings is 2. The van der Waals surface area contributed by atoms with Crippen LogP contribution in [0.2, 0.25) is 5.02 Å². The monoisotopic (exact) mass is 508 g/mol. The predicted molar refractivity (Wildman–Crippen MR) is 111 cm³/mol. The molecule has 1 aliphatic heterocycles. The molecule has 1 saturated heterocycles. The Morgan fingerprint density at radius 1 is 1.03 bits per heavy atom. The molecule has 34 heavy (non-hydrogen) atoms. The molecule has 2 unspecified atom stereocenters. The van der Waals surface area contributed by atoms with Crippen molar-refractivity contribution in [2.45, 2.75) is 37.7 Å². The van der Waals surface area contributed by atoms with Gasteiger partial charge < -0.3 is 15.3 Å². The molecule has 0 spiro atoms. The molecule has 1 fully saturated rings. The molecule has 0 aliphatic carbocycles. The molecule has 1 aliphatic rings. The first-order chi connectivity index (χ1) is 15.7. The maximum Gasteiger partial charge on any atom is 0.416 e. The highest BCUT2D eigenvalue weighted by Gasteiger charge is 2.38. The Morgan fingerprint density at radius 3 is 2.12 bits per heavy atom. The van der Waals surface area contributed by atoms with Gasteiger partial charge in [-0.1, -0.05) is 23.7 Å². The van der Waals surface area contributed by atoms with Crippen molar-refractivity contribution < 1.29 is 41.0 Å². The Hall–Kier alpha value is -2.95. The van der Waals surface area contributed by atoms with Crippen molar-refractivity contribution in [3.05, 3.63) is 69.2 Å². The smallest absolute Gasteiger partial charge is 0.416 e. The van der Waals surface area contributed by atoms with E-state index in [0.717, 1.165) is 4.90 Å². The summed E-state index contributed by atoms with van der Waals surface area (Å²) in [6.07, 6.45) is -11.3. The summed E-state index contributed by atoms with van der Waals surface area (Å²) in [6.45, 7) is 1.72. The number of carbonyl (C=O) groups is 2. The van der Waals surface area contributed by atoms with Crippen LogP contribution in [0.3, 0.4) is 0 Å². The minimum absolute atomic E-state index is 0.0275. The lowest BCUT2D eigenvalue weighted by Crippen LogP contribution is -2.51. The van der Waals surface area contributed by atoms with Crippen LogP contribution in [0, 0.1) is 6.92 Å². The van der Waals surface area contributed by atoms with Gasteiger partial charge in [0.2, 0.25) is 0 Å². The molecule has 12 heteroatoms. The number of halogens is 7. The molecule has 0 aromatic heterocycles. The SMILES string of the molecule is Cc1cc(C2CN(C(=O)O)CCC2NC(=O)c2cc(C(F)(F)F)cc(C(F)(F)F)c2)ccc1Cl. The molecular formula is C22H19ClF6N2O3. The van der Waals surface area contributed by atoms with Crippen molar-refractivity contribution in [2.24, 2.45) is 0 Å². The van der Waals surface area contributed by atoms with Gasteiger partial charge >= 0.3 is 18.4 Å². The first-order valence-corrected chi connectivity index (χ1v) is 10.4. The fourth-order valence-electron chi connectivity index (χ4n) is 3.87. The van der Waals surface area contributed by atoms with Crippen LogP contribution in [0.5, 0.6) is 0 Å². The molecule has 2 aromatic carbocycles. The van der Waals surface area contributed by atoms with E-state index in [1.807, 2.05) is 0 Å². The van der Waals surface area contributed by atoms with Crippen LogP contribution in [0.4, 0.5) is 31.1 Å². The second-order valence-electron chi connectivity index (χ2n) is 8.01. The number of aryl methyl sites for hydroxylation is 1. The highest BCUT2D eigenvalue weighted by molar-refractivity contribution is 6.31. The van der Waals surface area contributed by atoms with Gasteiger partial charge in [0.1, 0.15) is 0 Å². The van der Waals surface area contributed by atoms with Gasteiger partial charge in [0.25, 0.3) is 5.91 Å². The quantitative estimate of drug-likeness (QED) is 0.503.